The lowest BCUT2D eigenvalue weighted by atomic mass is 9.96. The Hall–Kier alpha value is -2.13. The fraction of sp³-hybridized carbons (Fsp3) is 0.579. The molecule has 1 aromatic carbocycles. The van der Waals surface area contributed by atoms with Crippen molar-refractivity contribution in [3.8, 4) is 5.75 Å². The first-order valence-corrected chi connectivity index (χ1v) is 11.1. The van der Waals surface area contributed by atoms with E-state index in [4.69, 9.17) is 10.5 Å². The van der Waals surface area contributed by atoms with Crippen molar-refractivity contribution in [1.82, 2.24) is 9.21 Å². The van der Waals surface area contributed by atoms with Crippen molar-refractivity contribution < 1.29 is 22.7 Å². The molecule has 0 saturated carbocycles. The fourth-order valence-corrected chi connectivity index (χ4v) is 5.50. The Morgan fingerprint density at radius 1 is 1.07 bits per heavy atom. The van der Waals surface area contributed by atoms with Crippen LogP contribution in [0.2, 0.25) is 0 Å². The number of sulfonamides is 1. The number of amides is 2. The van der Waals surface area contributed by atoms with Gasteiger partial charge in [0, 0.05) is 37.7 Å². The van der Waals surface area contributed by atoms with Gasteiger partial charge in [-0.25, -0.2) is 8.42 Å². The predicted molar refractivity (Wildman–Crippen MR) is 103 cm³/mol. The Morgan fingerprint density at radius 3 is 2.29 bits per heavy atom. The van der Waals surface area contributed by atoms with Gasteiger partial charge < -0.3 is 15.4 Å². The number of benzene rings is 1. The highest BCUT2D eigenvalue weighted by atomic mass is 32.2. The number of piperidine rings is 2. The third kappa shape index (κ3) is 4.15. The van der Waals surface area contributed by atoms with Gasteiger partial charge in [-0.3, -0.25) is 9.59 Å². The molecule has 2 aliphatic heterocycles. The van der Waals surface area contributed by atoms with Crippen LogP contribution in [0.5, 0.6) is 5.75 Å². The van der Waals surface area contributed by atoms with E-state index >= 15 is 0 Å². The molecule has 0 unspecified atom stereocenters. The Kier molecular flexibility index (Phi) is 6.24. The predicted octanol–water partition coefficient (Wildman–Crippen LogP) is 1.21. The van der Waals surface area contributed by atoms with E-state index in [1.807, 2.05) is 0 Å². The van der Waals surface area contributed by atoms with Gasteiger partial charge in [-0.2, -0.15) is 4.31 Å². The third-order valence-electron chi connectivity index (χ3n) is 5.53. The monoisotopic (exact) mass is 409 g/mol. The summed E-state index contributed by atoms with van der Waals surface area (Å²) in [5, 5.41) is 0. The SMILES string of the molecule is COc1ccc(C(=O)N2CCC(C(N)=O)CC2)cc1S(=O)(=O)N1CCCCC1. The zero-order valence-corrected chi connectivity index (χ0v) is 16.9. The fourth-order valence-electron chi connectivity index (χ4n) is 3.81. The van der Waals surface area contributed by atoms with Gasteiger partial charge in [-0.15, -0.1) is 0 Å². The highest BCUT2D eigenvalue weighted by Crippen LogP contribution is 2.30. The minimum Gasteiger partial charge on any atom is -0.495 e. The van der Waals surface area contributed by atoms with E-state index in [1.54, 1.807) is 11.0 Å². The highest BCUT2D eigenvalue weighted by Gasteiger charge is 2.31. The topological polar surface area (TPSA) is 110 Å². The van der Waals surface area contributed by atoms with Crippen molar-refractivity contribution >= 4 is 21.8 Å². The van der Waals surface area contributed by atoms with Gasteiger partial charge in [0.15, 0.2) is 0 Å². The summed E-state index contributed by atoms with van der Waals surface area (Å²) in [5.41, 5.74) is 5.64. The van der Waals surface area contributed by atoms with E-state index in [2.05, 4.69) is 0 Å². The maximum absolute atomic E-state index is 13.1. The molecule has 0 aromatic heterocycles. The summed E-state index contributed by atoms with van der Waals surface area (Å²) in [7, 11) is -2.32. The lowest BCUT2D eigenvalue weighted by Crippen LogP contribution is -2.41. The minimum absolute atomic E-state index is 0.0229. The third-order valence-corrected chi connectivity index (χ3v) is 7.45. The molecule has 0 atom stereocenters. The summed E-state index contributed by atoms with van der Waals surface area (Å²) in [6, 6.07) is 4.52. The lowest BCUT2D eigenvalue weighted by molar-refractivity contribution is -0.123. The number of carbonyl (C=O) groups is 2. The van der Waals surface area contributed by atoms with Crippen molar-refractivity contribution in [2.24, 2.45) is 11.7 Å². The zero-order chi connectivity index (χ0) is 20.3. The Bertz CT molecular complexity index is 841. The first kappa shape index (κ1) is 20.6. The van der Waals surface area contributed by atoms with E-state index in [0.717, 1.165) is 19.3 Å². The minimum atomic E-state index is -3.74. The molecular formula is C19H27N3O5S. The van der Waals surface area contributed by atoms with Crippen LogP contribution in [0.3, 0.4) is 0 Å². The smallest absolute Gasteiger partial charge is 0.253 e. The molecule has 1 aromatic rings. The molecule has 2 fully saturated rings. The van der Waals surface area contributed by atoms with Crippen LogP contribution in [0.25, 0.3) is 0 Å². The number of ether oxygens (including phenoxy) is 1. The number of rotatable bonds is 5. The molecule has 3 rings (SSSR count). The maximum Gasteiger partial charge on any atom is 0.253 e. The summed E-state index contributed by atoms with van der Waals surface area (Å²) in [6.07, 6.45) is 3.72. The summed E-state index contributed by atoms with van der Waals surface area (Å²) in [4.78, 5) is 25.9. The molecule has 0 aliphatic carbocycles. The largest absolute Gasteiger partial charge is 0.495 e. The van der Waals surface area contributed by atoms with Crippen LogP contribution < -0.4 is 10.5 Å². The van der Waals surface area contributed by atoms with Crippen molar-refractivity contribution in [1.29, 1.82) is 0 Å². The average molecular weight is 410 g/mol. The number of carbonyl (C=O) groups excluding carboxylic acids is 2. The van der Waals surface area contributed by atoms with Gasteiger partial charge in [0.2, 0.25) is 15.9 Å². The summed E-state index contributed by atoms with van der Waals surface area (Å²) < 4.78 is 32.9. The quantitative estimate of drug-likeness (QED) is 0.786. The average Bonchev–Trinajstić information content (AvgIpc) is 2.73. The molecule has 8 nitrogen and oxygen atoms in total. The molecular weight excluding hydrogens is 382 g/mol. The number of nitrogens with two attached hydrogens (primary N) is 1. The van der Waals surface area contributed by atoms with Gasteiger partial charge in [0.25, 0.3) is 5.91 Å². The molecule has 2 amide bonds. The van der Waals surface area contributed by atoms with Crippen LogP contribution in [-0.4, -0.2) is 62.7 Å². The molecule has 0 bridgehead atoms. The molecule has 9 heteroatoms. The number of nitrogens with zero attached hydrogens (tertiary/aromatic N) is 2. The second kappa shape index (κ2) is 8.48. The van der Waals surface area contributed by atoms with E-state index in [0.29, 0.717) is 44.6 Å². The van der Waals surface area contributed by atoms with Crippen LogP contribution >= 0.6 is 0 Å². The van der Waals surface area contributed by atoms with Gasteiger partial charge in [0.05, 0.1) is 7.11 Å². The van der Waals surface area contributed by atoms with Crippen molar-refractivity contribution in [2.45, 2.75) is 37.0 Å². The van der Waals surface area contributed by atoms with Crippen LogP contribution in [0, 0.1) is 5.92 Å². The Balaban J connectivity index is 1.84. The van der Waals surface area contributed by atoms with E-state index in [9.17, 15) is 18.0 Å². The number of methoxy groups -OCH3 is 1. The first-order chi connectivity index (χ1) is 13.3. The Morgan fingerprint density at radius 2 is 1.71 bits per heavy atom. The van der Waals surface area contributed by atoms with Gasteiger partial charge >= 0.3 is 0 Å². The van der Waals surface area contributed by atoms with Crippen molar-refractivity contribution in [2.75, 3.05) is 33.3 Å². The molecule has 28 heavy (non-hydrogen) atoms. The lowest BCUT2D eigenvalue weighted by Gasteiger charge is -2.31. The van der Waals surface area contributed by atoms with E-state index < -0.39 is 10.0 Å². The molecule has 2 saturated heterocycles. The molecule has 0 radical (unpaired) electrons. The second-order valence-electron chi connectivity index (χ2n) is 7.30. The molecule has 154 valence electrons. The van der Waals surface area contributed by atoms with Crippen molar-refractivity contribution in [3.63, 3.8) is 0 Å². The first-order valence-electron chi connectivity index (χ1n) is 9.61. The number of hydrogen-bond donors (Lipinski definition) is 1. The maximum atomic E-state index is 13.1. The molecule has 0 spiro atoms. The number of likely N-dealkylation sites (tertiary alicyclic amines) is 1. The molecule has 2 N–H and O–H groups in total. The van der Waals surface area contributed by atoms with Crippen LogP contribution in [0.4, 0.5) is 0 Å². The number of hydrogen-bond acceptors (Lipinski definition) is 5. The Labute approximate surface area is 165 Å². The zero-order valence-electron chi connectivity index (χ0n) is 16.1. The molecule has 2 aliphatic rings. The standard InChI is InChI=1S/C19H27N3O5S/c1-27-16-6-5-15(19(24)21-11-7-14(8-12-21)18(20)23)13-17(16)28(25,26)22-9-3-2-4-10-22/h5-6,13-14H,2-4,7-12H2,1H3,(H2,20,23). The van der Waals surface area contributed by atoms with Gasteiger partial charge in [0.1, 0.15) is 10.6 Å². The summed E-state index contributed by atoms with van der Waals surface area (Å²) in [6.45, 7) is 1.80. The van der Waals surface area contributed by atoms with Crippen LogP contribution in [0.1, 0.15) is 42.5 Å². The van der Waals surface area contributed by atoms with Gasteiger partial charge in [-0.05, 0) is 43.9 Å². The van der Waals surface area contributed by atoms with E-state index in [1.165, 1.54) is 23.5 Å². The number of primary amides is 1. The van der Waals surface area contributed by atoms with Crippen molar-refractivity contribution in [3.05, 3.63) is 23.8 Å². The summed E-state index contributed by atoms with van der Waals surface area (Å²) in [5.74, 6) is -0.573. The van der Waals surface area contributed by atoms with Gasteiger partial charge in [-0.1, -0.05) is 6.42 Å². The summed E-state index contributed by atoms with van der Waals surface area (Å²) >= 11 is 0. The van der Waals surface area contributed by atoms with Crippen LogP contribution in [0.15, 0.2) is 23.1 Å². The molecule has 2 heterocycles. The second-order valence-corrected chi connectivity index (χ2v) is 9.21. The normalized spacial score (nSPS) is 19.4. The van der Waals surface area contributed by atoms with E-state index in [-0.39, 0.29) is 28.4 Å². The van der Waals surface area contributed by atoms with Crippen LogP contribution in [-0.2, 0) is 14.8 Å². The highest BCUT2D eigenvalue weighted by molar-refractivity contribution is 7.89.